The molecular formula is C14H19N3OS. The monoisotopic (exact) mass is 277 g/mol. The Kier molecular flexibility index (Phi) is 3.66. The molecule has 0 N–H and O–H groups in total. The molecule has 3 heterocycles. The highest BCUT2D eigenvalue weighted by Crippen LogP contribution is 2.33. The largest absolute Gasteiger partial charge is 0.359 e. The number of hydrogen-bond acceptors (Lipinski definition) is 5. The molecule has 1 aliphatic rings. The van der Waals surface area contributed by atoms with Crippen molar-refractivity contribution < 1.29 is 4.52 Å². The van der Waals surface area contributed by atoms with Crippen LogP contribution >= 0.6 is 11.3 Å². The Bertz CT molecular complexity index is 548. The van der Waals surface area contributed by atoms with Crippen LogP contribution in [-0.2, 0) is 13.0 Å². The van der Waals surface area contributed by atoms with E-state index in [9.17, 15) is 0 Å². The SMILES string of the molecule is CCc1nc(CN2CCC[C@H]2c2cc(C)no2)cs1. The summed E-state index contributed by atoms with van der Waals surface area (Å²) in [7, 11) is 0. The Hall–Kier alpha value is -1.20. The zero-order valence-electron chi connectivity index (χ0n) is 11.4. The van der Waals surface area contributed by atoms with Crippen LogP contribution in [0.4, 0.5) is 0 Å². The van der Waals surface area contributed by atoms with E-state index in [1.54, 1.807) is 11.3 Å². The summed E-state index contributed by atoms with van der Waals surface area (Å²) < 4.78 is 5.43. The first-order valence-corrected chi connectivity index (χ1v) is 7.74. The topological polar surface area (TPSA) is 42.2 Å². The van der Waals surface area contributed by atoms with Gasteiger partial charge in [0.25, 0.3) is 0 Å². The Morgan fingerprint density at radius 2 is 2.42 bits per heavy atom. The molecule has 0 unspecified atom stereocenters. The van der Waals surface area contributed by atoms with Gasteiger partial charge in [-0.25, -0.2) is 4.98 Å². The second-order valence-corrected chi connectivity index (χ2v) is 6.03. The highest BCUT2D eigenvalue weighted by molar-refractivity contribution is 7.09. The van der Waals surface area contributed by atoms with E-state index < -0.39 is 0 Å². The molecule has 0 aliphatic carbocycles. The molecule has 0 bridgehead atoms. The van der Waals surface area contributed by atoms with Gasteiger partial charge in [-0.3, -0.25) is 4.90 Å². The van der Waals surface area contributed by atoms with Gasteiger partial charge in [-0.05, 0) is 32.7 Å². The number of thiazole rings is 1. The van der Waals surface area contributed by atoms with Crippen molar-refractivity contribution >= 4 is 11.3 Å². The fourth-order valence-corrected chi connectivity index (χ4v) is 3.41. The lowest BCUT2D eigenvalue weighted by Crippen LogP contribution is -2.22. The summed E-state index contributed by atoms with van der Waals surface area (Å²) in [5.74, 6) is 1.00. The van der Waals surface area contributed by atoms with Gasteiger partial charge in [0.05, 0.1) is 22.4 Å². The maximum Gasteiger partial charge on any atom is 0.154 e. The van der Waals surface area contributed by atoms with Gasteiger partial charge in [0.1, 0.15) is 0 Å². The Morgan fingerprint density at radius 3 is 3.11 bits per heavy atom. The Labute approximate surface area is 117 Å². The average Bonchev–Trinajstić information content (AvgIpc) is 3.10. The van der Waals surface area contributed by atoms with Crippen molar-refractivity contribution in [3.8, 4) is 0 Å². The van der Waals surface area contributed by atoms with Crippen LogP contribution in [0.5, 0.6) is 0 Å². The summed E-state index contributed by atoms with van der Waals surface area (Å²) in [5, 5.41) is 7.41. The molecule has 1 atom stereocenters. The number of nitrogens with zero attached hydrogens (tertiary/aromatic N) is 3. The third-order valence-electron chi connectivity index (χ3n) is 3.61. The van der Waals surface area contributed by atoms with E-state index in [4.69, 9.17) is 4.52 Å². The van der Waals surface area contributed by atoms with Crippen molar-refractivity contribution in [2.45, 2.75) is 45.7 Å². The van der Waals surface area contributed by atoms with Crippen LogP contribution in [0.3, 0.4) is 0 Å². The lowest BCUT2D eigenvalue weighted by molar-refractivity contribution is 0.205. The second kappa shape index (κ2) is 5.43. The predicted octanol–water partition coefficient (Wildman–Crippen LogP) is 3.34. The molecule has 19 heavy (non-hydrogen) atoms. The van der Waals surface area contributed by atoms with E-state index in [0.29, 0.717) is 6.04 Å². The standard InChI is InChI=1S/C14H19N3OS/c1-3-14-15-11(9-19-14)8-17-6-4-5-12(17)13-7-10(2)16-18-13/h7,9,12H,3-6,8H2,1-2H3/t12-/m0/s1. The van der Waals surface area contributed by atoms with Gasteiger partial charge in [-0.15, -0.1) is 11.3 Å². The summed E-state index contributed by atoms with van der Waals surface area (Å²) in [4.78, 5) is 7.11. The van der Waals surface area contributed by atoms with E-state index >= 15 is 0 Å². The van der Waals surface area contributed by atoms with Crippen LogP contribution in [0.25, 0.3) is 0 Å². The van der Waals surface area contributed by atoms with Crippen molar-refractivity contribution in [3.63, 3.8) is 0 Å². The summed E-state index contributed by atoms with van der Waals surface area (Å²) >= 11 is 1.76. The highest BCUT2D eigenvalue weighted by Gasteiger charge is 2.29. The van der Waals surface area contributed by atoms with Crippen molar-refractivity contribution in [2.75, 3.05) is 6.54 Å². The predicted molar refractivity (Wildman–Crippen MR) is 75.1 cm³/mol. The smallest absolute Gasteiger partial charge is 0.154 e. The molecule has 0 spiro atoms. The molecule has 4 nitrogen and oxygen atoms in total. The van der Waals surface area contributed by atoms with Gasteiger partial charge in [-0.1, -0.05) is 12.1 Å². The van der Waals surface area contributed by atoms with Gasteiger partial charge < -0.3 is 4.52 Å². The van der Waals surface area contributed by atoms with Gasteiger partial charge in [0.2, 0.25) is 0 Å². The summed E-state index contributed by atoms with van der Waals surface area (Å²) in [6.45, 7) is 6.16. The second-order valence-electron chi connectivity index (χ2n) is 5.09. The Morgan fingerprint density at radius 1 is 1.53 bits per heavy atom. The number of hydrogen-bond donors (Lipinski definition) is 0. The van der Waals surface area contributed by atoms with Crippen LogP contribution in [0, 0.1) is 6.92 Å². The molecule has 0 amide bonds. The zero-order chi connectivity index (χ0) is 13.2. The van der Waals surface area contributed by atoms with Gasteiger partial charge in [0.15, 0.2) is 5.76 Å². The van der Waals surface area contributed by atoms with Crippen molar-refractivity contribution in [2.24, 2.45) is 0 Å². The Balaban J connectivity index is 1.72. The minimum absolute atomic E-state index is 0.368. The summed E-state index contributed by atoms with van der Waals surface area (Å²) in [5.41, 5.74) is 2.15. The number of likely N-dealkylation sites (tertiary alicyclic amines) is 1. The molecule has 2 aromatic heterocycles. The average molecular weight is 277 g/mol. The first kappa shape index (κ1) is 12.8. The van der Waals surface area contributed by atoms with Crippen LogP contribution in [0.1, 0.15) is 48.0 Å². The van der Waals surface area contributed by atoms with Crippen LogP contribution in [0.15, 0.2) is 16.0 Å². The fraction of sp³-hybridized carbons (Fsp3) is 0.571. The molecule has 0 radical (unpaired) electrons. The summed E-state index contributed by atoms with van der Waals surface area (Å²) in [6.07, 6.45) is 3.39. The molecule has 1 saturated heterocycles. The zero-order valence-corrected chi connectivity index (χ0v) is 12.2. The van der Waals surface area contributed by atoms with Crippen molar-refractivity contribution in [3.05, 3.63) is 33.6 Å². The summed E-state index contributed by atoms with van der Waals surface area (Å²) in [6, 6.07) is 2.43. The number of aromatic nitrogens is 2. The van der Waals surface area contributed by atoms with Gasteiger partial charge >= 0.3 is 0 Å². The molecule has 3 rings (SSSR count). The van der Waals surface area contributed by atoms with Gasteiger partial charge in [-0.2, -0.15) is 0 Å². The van der Waals surface area contributed by atoms with Crippen LogP contribution in [-0.4, -0.2) is 21.6 Å². The molecule has 0 aromatic carbocycles. The first-order valence-electron chi connectivity index (χ1n) is 6.87. The van der Waals surface area contributed by atoms with E-state index in [1.165, 1.54) is 17.1 Å². The lowest BCUT2D eigenvalue weighted by Gasteiger charge is -2.21. The van der Waals surface area contributed by atoms with E-state index in [-0.39, 0.29) is 0 Å². The fourth-order valence-electron chi connectivity index (χ4n) is 2.67. The molecular weight excluding hydrogens is 258 g/mol. The minimum Gasteiger partial charge on any atom is -0.359 e. The molecule has 0 saturated carbocycles. The van der Waals surface area contributed by atoms with Gasteiger partial charge in [0, 0.05) is 18.0 Å². The lowest BCUT2D eigenvalue weighted by atomic mass is 10.1. The third kappa shape index (κ3) is 2.72. The highest BCUT2D eigenvalue weighted by atomic mass is 32.1. The van der Waals surface area contributed by atoms with E-state index in [2.05, 4.69) is 33.4 Å². The molecule has 1 fully saturated rings. The first-order chi connectivity index (χ1) is 9.26. The van der Waals surface area contributed by atoms with E-state index in [0.717, 1.165) is 37.4 Å². The van der Waals surface area contributed by atoms with Crippen molar-refractivity contribution in [1.29, 1.82) is 0 Å². The van der Waals surface area contributed by atoms with Crippen LogP contribution < -0.4 is 0 Å². The van der Waals surface area contributed by atoms with E-state index in [1.807, 2.05) is 6.92 Å². The molecule has 5 heteroatoms. The molecule has 1 aliphatic heterocycles. The number of aryl methyl sites for hydroxylation is 2. The number of rotatable bonds is 4. The third-order valence-corrected chi connectivity index (χ3v) is 4.65. The minimum atomic E-state index is 0.368. The normalized spacial score (nSPS) is 20.2. The van der Waals surface area contributed by atoms with Crippen LogP contribution in [0.2, 0.25) is 0 Å². The quantitative estimate of drug-likeness (QED) is 0.859. The van der Waals surface area contributed by atoms with Crippen molar-refractivity contribution in [1.82, 2.24) is 15.0 Å². The maximum atomic E-state index is 5.43. The molecule has 102 valence electrons. The maximum absolute atomic E-state index is 5.43. The molecule has 2 aromatic rings.